The standard InChI is InChI=1S/C24H24N2O6S/c1-4-31-24(29)20-15(2)21(22(28)25-16-9-8-12-18(13-16)30-3)33-23(20)26-19(27)14-32-17-10-6-5-7-11-17/h5-13H,4,14H2,1-3H3,(H,25,28)(H,26,27). The molecule has 3 aromatic rings. The van der Waals surface area contributed by atoms with Crippen molar-refractivity contribution in [3.63, 3.8) is 0 Å². The van der Waals surface area contributed by atoms with Crippen LogP contribution in [0.25, 0.3) is 0 Å². The van der Waals surface area contributed by atoms with E-state index in [0.29, 0.717) is 22.7 Å². The molecule has 0 atom stereocenters. The number of ether oxygens (including phenoxy) is 3. The highest BCUT2D eigenvalue weighted by molar-refractivity contribution is 7.19. The molecule has 0 spiro atoms. The van der Waals surface area contributed by atoms with Crippen LogP contribution in [-0.4, -0.2) is 38.1 Å². The molecule has 33 heavy (non-hydrogen) atoms. The highest BCUT2D eigenvalue weighted by Crippen LogP contribution is 2.34. The molecule has 1 aromatic heterocycles. The molecule has 0 saturated heterocycles. The van der Waals surface area contributed by atoms with Crippen LogP contribution >= 0.6 is 11.3 Å². The number of hydrogen-bond acceptors (Lipinski definition) is 7. The Hall–Kier alpha value is -3.85. The van der Waals surface area contributed by atoms with Crippen molar-refractivity contribution in [3.05, 3.63) is 70.6 Å². The summed E-state index contributed by atoms with van der Waals surface area (Å²) in [5.74, 6) is -0.373. The fraction of sp³-hybridized carbons (Fsp3) is 0.208. The molecule has 2 N–H and O–H groups in total. The number of benzene rings is 2. The van der Waals surface area contributed by atoms with Crippen LogP contribution in [0.3, 0.4) is 0 Å². The lowest BCUT2D eigenvalue weighted by Crippen LogP contribution is -2.21. The van der Waals surface area contributed by atoms with Gasteiger partial charge in [0, 0.05) is 11.8 Å². The monoisotopic (exact) mass is 468 g/mol. The highest BCUT2D eigenvalue weighted by Gasteiger charge is 2.27. The first kappa shape index (κ1) is 23.8. The first-order valence-electron chi connectivity index (χ1n) is 10.2. The molecular weight excluding hydrogens is 444 g/mol. The summed E-state index contributed by atoms with van der Waals surface area (Å²) in [6, 6.07) is 15.8. The molecule has 172 valence electrons. The Morgan fingerprint density at radius 2 is 1.70 bits per heavy atom. The lowest BCUT2D eigenvalue weighted by atomic mass is 10.1. The van der Waals surface area contributed by atoms with Crippen LogP contribution in [0, 0.1) is 6.92 Å². The number of para-hydroxylation sites is 1. The Balaban J connectivity index is 1.81. The minimum Gasteiger partial charge on any atom is -0.497 e. The van der Waals surface area contributed by atoms with Crippen molar-refractivity contribution in [1.29, 1.82) is 0 Å². The summed E-state index contributed by atoms with van der Waals surface area (Å²) in [7, 11) is 1.53. The second-order valence-electron chi connectivity index (χ2n) is 6.82. The first-order valence-corrected chi connectivity index (χ1v) is 11.0. The molecule has 0 bridgehead atoms. The number of anilines is 2. The molecule has 2 amide bonds. The SMILES string of the molecule is CCOC(=O)c1c(NC(=O)COc2ccccc2)sc(C(=O)Nc2cccc(OC)c2)c1C. The number of carbonyl (C=O) groups excluding carboxylic acids is 3. The molecule has 0 fully saturated rings. The maximum atomic E-state index is 12.9. The van der Waals surface area contributed by atoms with Gasteiger partial charge in [0.25, 0.3) is 11.8 Å². The van der Waals surface area contributed by atoms with Crippen LogP contribution in [0.4, 0.5) is 10.7 Å². The minimum absolute atomic E-state index is 0.144. The average molecular weight is 469 g/mol. The largest absolute Gasteiger partial charge is 0.497 e. The number of carbonyl (C=O) groups is 3. The molecule has 0 radical (unpaired) electrons. The Morgan fingerprint density at radius 3 is 2.39 bits per heavy atom. The maximum absolute atomic E-state index is 12.9. The fourth-order valence-electron chi connectivity index (χ4n) is 2.98. The third kappa shape index (κ3) is 6.11. The Kier molecular flexibility index (Phi) is 8.04. The zero-order chi connectivity index (χ0) is 23.8. The number of nitrogens with one attached hydrogen (secondary N) is 2. The van der Waals surface area contributed by atoms with Gasteiger partial charge in [-0.05, 0) is 43.7 Å². The van der Waals surface area contributed by atoms with Crippen molar-refractivity contribution in [2.75, 3.05) is 31.0 Å². The quantitative estimate of drug-likeness (QED) is 0.448. The van der Waals surface area contributed by atoms with Gasteiger partial charge < -0.3 is 24.8 Å². The van der Waals surface area contributed by atoms with E-state index in [4.69, 9.17) is 14.2 Å². The number of amides is 2. The molecule has 0 unspecified atom stereocenters. The highest BCUT2D eigenvalue weighted by atomic mass is 32.1. The van der Waals surface area contributed by atoms with Gasteiger partial charge in [-0.25, -0.2) is 4.79 Å². The van der Waals surface area contributed by atoms with E-state index in [-0.39, 0.29) is 28.7 Å². The summed E-state index contributed by atoms with van der Waals surface area (Å²) in [4.78, 5) is 38.3. The molecular formula is C24H24N2O6S. The summed E-state index contributed by atoms with van der Waals surface area (Å²) in [6.45, 7) is 3.22. The zero-order valence-electron chi connectivity index (χ0n) is 18.5. The molecule has 1 heterocycles. The topological polar surface area (TPSA) is 103 Å². The third-order valence-corrected chi connectivity index (χ3v) is 5.73. The minimum atomic E-state index is -0.619. The number of thiophene rings is 1. The van der Waals surface area contributed by atoms with E-state index in [2.05, 4.69) is 10.6 Å². The number of esters is 1. The number of rotatable bonds is 9. The summed E-state index contributed by atoms with van der Waals surface area (Å²) in [6.07, 6.45) is 0. The summed E-state index contributed by atoms with van der Waals surface area (Å²) in [5.41, 5.74) is 1.09. The molecule has 0 aliphatic heterocycles. The molecule has 3 rings (SSSR count). The Labute approximate surface area is 195 Å². The van der Waals surface area contributed by atoms with Crippen LogP contribution in [-0.2, 0) is 9.53 Å². The molecule has 2 aromatic carbocycles. The van der Waals surface area contributed by atoms with Gasteiger partial charge in [0.1, 0.15) is 16.5 Å². The lowest BCUT2D eigenvalue weighted by molar-refractivity contribution is -0.118. The van der Waals surface area contributed by atoms with E-state index in [1.54, 1.807) is 62.4 Å². The van der Waals surface area contributed by atoms with Gasteiger partial charge in [0.2, 0.25) is 0 Å². The van der Waals surface area contributed by atoms with Crippen LogP contribution in [0.15, 0.2) is 54.6 Å². The van der Waals surface area contributed by atoms with Crippen LogP contribution in [0.5, 0.6) is 11.5 Å². The third-order valence-electron chi connectivity index (χ3n) is 4.53. The number of methoxy groups -OCH3 is 1. The van der Waals surface area contributed by atoms with Crippen molar-refractivity contribution in [2.45, 2.75) is 13.8 Å². The van der Waals surface area contributed by atoms with E-state index < -0.39 is 17.8 Å². The normalized spacial score (nSPS) is 10.3. The Morgan fingerprint density at radius 1 is 0.970 bits per heavy atom. The van der Waals surface area contributed by atoms with Crippen molar-refractivity contribution in [1.82, 2.24) is 0 Å². The average Bonchev–Trinajstić information content (AvgIpc) is 3.14. The zero-order valence-corrected chi connectivity index (χ0v) is 19.3. The van der Waals surface area contributed by atoms with Crippen molar-refractivity contribution >= 4 is 39.8 Å². The second kappa shape index (κ2) is 11.1. The van der Waals surface area contributed by atoms with E-state index in [0.717, 1.165) is 11.3 Å². The smallest absolute Gasteiger partial charge is 0.341 e. The van der Waals surface area contributed by atoms with Gasteiger partial charge in [-0.3, -0.25) is 9.59 Å². The molecule has 0 aliphatic rings. The molecule has 0 aliphatic carbocycles. The van der Waals surface area contributed by atoms with Crippen LogP contribution in [0.1, 0.15) is 32.5 Å². The van der Waals surface area contributed by atoms with E-state index in [1.165, 1.54) is 7.11 Å². The fourth-order valence-corrected chi connectivity index (χ4v) is 4.09. The van der Waals surface area contributed by atoms with Gasteiger partial charge in [-0.1, -0.05) is 24.3 Å². The molecule has 0 saturated carbocycles. The van der Waals surface area contributed by atoms with Gasteiger partial charge >= 0.3 is 5.97 Å². The number of hydrogen-bond donors (Lipinski definition) is 2. The van der Waals surface area contributed by atoms with E-state index in [1.807, 2.05) is 6.07 Å². The van der Waals surface area contributed by atoms with Gasteiger partial charge in [-0.15, -0.1) is 11.3 Å². The summed E-state index contributed by atoms with van der Waals surface area (Å²) in [5, 5.41) is 5.68. The second-order valence-corrected chi connectivity index (χ2v) is 7.84. The first-order chi connectivity index (χ1) is 15.9. The van der Waals surface area contributed by atoms with Crippen LogP contribution in [0.2, 0.25) is 0 Å². The van der Waals surface area contributed by atoms with Crippen LogP contribution < -0.4 is 20.1 Å². The molecule has 9 heteroatoms. The Bertz CT molecular complexity index is 1140. The predicted octanol–water partition coefficient (Wildman–Crippen LogP) is 4.51. The summed E-state index contributed by atoms with van der Waals surface area (Å²) < 4.78 is 15.8. The van der Waals surface area contributed by atoms with Crippen molar-refractivity contribution < 1.29 is 28.6 Å². The molecule has 8 nitrogen and oxygen atoms in total. The lowest BCUT2D eigenvalue weighted by Gasteiger charge is -2.08. The van der Waals surface area contributed by atoms with E-state index in [9.17, 15) is 14.4 Å². The maximum Gasteiger partial charge on any atom is 0.341 e. The van der Waals surface area contributed by atoms with Crippen molar-refractivity contribution in [2.24, 2.45) is 0 Å². The van der Waals surface area contributed by atoms with E-state index >= 15 is 0 Å². The predicted molar refractivity (Wildman–Crippen MR) is 127 cm³/mol. The summed E-state index contributed by atoms with van der Waals surface area (Å²) >= 11 is 0.996. The van der Waals surface area contributed by atoms with Crippen molar-refractivity contribution in [3.8, 4) is 11.5 Å². The van der Waals surface area contributed by atoms with Gasteiger partial charge in [0.15, 0.2) is 6.61 Å². The van der Waals surface area contributed by atoms with Gasteiger partial charge in [0.05, 0.1) is 24.2 Å². The van der Waals surface area contributed by atoms with Gasteiger partial charge in [-0.2, -0.15) is 0 Å².